The summed E-state index contributed by atoms with van der Waals surface area (Å²) in [5, 5.41) is 8.71. The number of nitrogens with zero attached hydrogens (tertiary/aromatic N) is 4. The molecule has 3 heterocycles. The van der Waals surface area contributed by atoms with Gasteiger partial charge in [0.25, 0.3) is 0 Å². The van der Waals surface area contributed by atoms with Crippen molar-refractivity contribution in [1.82, 2.24) is 19.9 Å². The quantitative estimate of drug-likeness (QED) is 0.797. The monoisotopic (exact) mass is 342 g/mol. The third-order valence-corrected chi connectivity index (χ3v) is 4.48. The molecule has 4 rings (SSSR count). The molecule has 0 radical (unpaired) electrons. The average molecular weight is 342 g/mol. The molecule has 0 saturated carbocycles. The Bertz CT molecular complexity index is 781. The molecule has 0 aliphatic carbocycles. The van der Waals surface area contributed by atoms with E-state index in [4.69, 9.17) is 9.47 Å². The smallest absolute Gasteiger partial charge is 0.410 e. The normalized spacial score (nSPS) is 22.4. The molecule has 1 amide bonds. The standard InChI is InChI=1S/C18H22N4O3/c1-18(2,3)25-17(23)21-9-13-15(10-21)24-11-14-16(19-20-22(13)14)12-7-5-4-6-8-12/h4-8,13,15H,9-11H2,1-3H3. The van der Waals surface area contributed by atoms with Crippen LogP contribution < -0.4 is 0 Å². The Morgan fingerprint density at radius 2 is 2.00 bits per heavy atom. The Morgan fingerprint density at radius 3 is 2.72 bits per heavy atom. The summed E-state index contributed by atoms with van der Waals surface area (Å²) < 4.78 is 13.4. The van der Waals surface area contributed by atoms with Crippen LogP contribution in [0.5, 0.6) is 0 Å². The minimum absolute atomic E-state index is 0.0266. The van der Waals surface area contributed by atoms with Crippen LogP contribution in [0, 0.1) is 0 Å². The van der Waals surface area contributed by atoms with Crippen molar-refractivity contribution >= 4 is 6.09 Å². The van der Waals surface area contributed by atoms with Crippen LogP contribution in [0.4, 0.5) is 4.79 Å². The highest BCUT2D eigenvalue weighted by molar-refractivity contribution is 5.69. The summed E-state index contributed by atoms with van der Waals surface area (Å²) in [7, 11) is 0. The summed E-state index contributed by atoms with van der Waals surface area (Å²) in [6.45, 7) is 7.08. The predicted octanol–water partition coefficient (Wildman–Crippen LogP) is 2.64. The molecular formula is C18H22N4O3. The first-order valence-corrected chi connectivity index (χ1v) is 8.51. The zero-order valence-corrected chi connectivity index (χ0v) is 14.7. The van der Waals surface area contributed by atoms with Gasteiger partial charge in [-0.15, -0.1) is 5.10 Å². The van der Waals surface area contributed by atoms with E-state index in [-0.39, 0.29) is 18.2 Å². The SMILES string of the molecule is CC(C)(C)OC(=O)N1CC2OCc3c(-c4ccccc4)nnn3C2C1. The largest absolute Gasteiger partial charge is 0.444 e. The van der Waals surface area contributed by atoms with Gasteiger partial charge in [0.1, 0.15) is 11.3 Å². The number of hydrogen-bond acceptors (Lipinski definition) is 5. The maximum Gasteiger partial charge on any atom is 0.410 e. The highest BCUT2D eigenvalue weighted by Gasteiger charge is 2.43. The molecule has 0 spiro atoms. The predicted molar refractivity (Wildman–Crippen MR) is 90.9 cm³/mol. The van der Waals surface area contributed by atoms with E-state index in [9.17, 15) is 4.79 Å². The van der Waals surface area contributed by atoms with Crippen LogP contribution in [0.15, 0.2) is 30.3 Å². The first kappa shape index (κ1) is 16.1. The van der Waals surface area contributed by atoms with Crippen LogP contribution in [0.2, 0.25) is 0 Å². The summed E-state index contributed by atoms with van der Waals surface area (Å²) in [5.74, 6) is 0. The van der Waals surface area contributed by atoms with Crippen LogP contribution in [0.3, 0.4) is 0 Å². The Morgan fingerprint density at radius 1 is 1.24 bits per heavy atom. The van der Waals surface area contributed by atoms with Crippen LogP contribution >= 0.6 is 0 Å². The lowest BCUT2D eigenvalue weighted by atomic mass is 10.1. The fourth-order valence-corrected chi connectivity index (χ4v) is 3.35. The Kier molecular flexibility index (Phi) is 3.76. The highest BCUT2D eigenvalue weighted by Crippen LogP contribution is 2.34. The molecule has 2 atom stereocenters. The van der Waals surface area contributed by atoms with Gasteiger partial charge in [-0.1, -0.05) is 35.5 Å². The second-order valence-corrected chi connectivity index (χ2v) is 7.50. The number of benzene rings is 1. The molecular weight excluding hydrogens is 320 g/mol. The second-order valence-electron chi connectivity index (χ2n) is 7.50. The highest BCUT2D eigenvalue weighted by atomic mass is 16.6. The molecule has 2 aliphatic rings. The van der Waals surface area contributed by atoms with Crippen LogP contribution in [0.1, 0.15) is 32.5 Å². The molecule has 2 aromatic rings. The van der Waals surface area contributed by atoms with E-state index < -0.39 is 5.60 Å². The van der Waals surface area contributed by atoms with Gasteiger partial charge in [0.2, 0.25) is 0 Å². The van der Waals surface area contributed by atoms with Crippen molar-refractivity contribution in [3.8, 4) is 11.3 Å². The molecule has 25 heavy (non-hydrogen) atoms. The van der Waals surface area contributed by atoms with Gasteiger partial charge in [-0.2, -0.15) is 0 Å². The third kappa shape index (κ3) is 3.00. The van der Waals surface area contributed by atoms with Gasteiger partial charge in [0.15, 0.2) is 0 Å². The summed E-state index contributed by atoms with van der Waals surface area (Å²) in [5.41, 5.74) is 2.31. The number of carbonyl (C=O) groups is 1. The van der Waals surface area contributed by atoms with Crippen molar-refractivity contribution in [1.29, 1.82) is 0 Å². The number of fused-ring (bicyclic) bond motifs is 3. The van der Waals surface area contributed by atoms with Gasteiger partial charge < -0.3 is 14.4 Å². The van der Waals surface area contributed by atoms with E-state index in [2.05, 4.69) is 10.3 Å². The third-order valence-electron chi connectivity index (χ3n) is 4.48. The minimum Gasteiger partial charge on any atom is -0.444 e. The van der Waals surface area contributed by atoms with Crippen molar-refractivity contribution in [2.75, 3.05) is 13.1 Å². The molecule has 1 saturated heterocycles. The molecule has 0 bridgehead atoms. The van der Waals surface area contributed by atoms with E-state index in [1.807, 2.05) is 55.8 Å². The van der Waals surface area contributed by atoms with Crippen molar-refractivity contribution in [3.63, 3.8) is 0 Å². The number of rotatable bonds is 1. The zero-order valence-electron chi connectivity index (χ0n) is 14.7. The molecule has 0 N–H and O–H groups in total. The topological polar surface area (TPSA) is 69.5 Å². The van der Waals surface area contributed by atoms with Crippen LogP contribution in [-0.2, 0) is 16.1 Å². The fraction of sp³-hybridized carbons (Fsp3) is 0.500. The molecule has 1 aromatic carbocycles. The van der Waals surface area contributed by atoms with Gasteiger partial charge in [-0.25, -0.2) is 9.48 Å². The number of ether oxygens (including phenoxy) is 2. The maximum atomic E-state index is 12.3. The zero-order chi connectivity index (χ0) is 17.6. The first-order chi connectivity index (χ1) is 11.9. The van der Waals surface area contributed by atoms with E-state index in [1.165, 1.54) is 0 Å². The molecule has 2 aliphatic heterocycles. The lowest BCUT2D eigenvalue weighted by molar-refractivity contribution is -0.00718. The number of aromatic nitrogens is 3. The van der Waals surface area contributed by atoms with Crippen molar-refractivity contribution in [2.45, 2.75) is 45.1 Å². The Labute approximate surface area is 146 Å². The number of hydrogen-bond donors (Lipinski definition) is 0. The van der Waals surface area contributed by atoms with Gasteiger partial charge in [0.05, 0.1) is 31.0 Å². The lowest BCUT2D eigenvalue weighted by Gasteiger charge is -2.26. The summed E-state index contributed by atoms with van der Waals surface area (Å²) >= 11 is 0. The molecule has 132 valence electrons. The number of amides is 1. The minimum atomic E-state index is -0.509. The molecule has 7 nitrogen and oxygen atoms in total. The summed E-state index contributed by atoms with van der Waals surface area (Å²) in [6, 6.07) is 9.93. The molecule has 7 heteroatoms. The molecule has 2 unspecified atom stereocenters. The second kappa shape index (κ2) is 5.84. The van der Waals surface area contributed by atoms with E-state index in [1.54, 1.807) is 4.90 Å². The van der Waals surface area contributed by atoms with Gasteiger partial charge in [-0.3, -0.25) is 0 Å². The fourth-order valence-electron chi connectivity index (χ4n) is 3.35. The Hall–Kier alpha value is -2.41. The van der Waals surface area contributed by atoms with Crippen molar-refractivity contribution in [3.05, 3.63) is 36.0 Å². The van der Waals surface area contributed by atoms with E-state index in [0.717, 1.165) is 17.0 Å². The van der Waals surface area contributed by atoms with Gasteiger partial charge in [0, 0.05) is 12.1 Å². The summed E-state index contributed by atoms with van der Waals surface area (Å²) in [4.78, 5) is 14.0. The lowest BCUT2D eigenvalue weighted by Crippen LogP contribution is -2.36. The molecule has 1 fully saturated rings. The molecule has 1 aromatic heterocycles. The first-order valence-electron chi connectivity index (χ1n) is 8.51. The van der Waals surface area contributed by atoms with E-state index in [0.29, 0.717) is 19.7 Å². The van der Waals surface area contributed by atoms with Crippen molar-refractivity contribution in [2.24, 2.45) is 0 Å². The number of likely N-dealkylation sites (tertiary alicyclic amines) is 1. The van der Waals surface area contributed by atoms with Crippen LogP contribution in [-0.4, -0.2) is 50.8 Å². The Balaban J connectivity index is 1.57. The van der Waals surface area contributed by atoms with Gasteiger partial charge in [-0.05, 0) is 20.8 Å². The van der Waals surface area contributed by atoms with Crippen LogP contribution in [0.25, 0.3) is 11.3 Å². The summed E-state index contributed by atoms with van der Waals surface area (Å²) in [6.07, 6.45) is -0.388. The number of carbonyl (C=O) groups excluding carboxylic acids is 1. The average Bonchev–Trinajstić information content (AvgIpc) is 3.17. The van der Waals surface area contributed by atoms with E-state index >= 15 is 0 Å². The maximum absolute atomic E-state index is 12.3. The van der Waals surface area contributed by atoms with Gasteiger partial charge >= 0.3 is 6.09 Å². The van der Waals surface area contributed by atoms with Crippen molar-refractivity contribution < 1.29 is 14.3 Å².